The van der Waals surface area contributed by atoms with E-state index in [0.717, 1.165) is 46.8 Å². The van der Waals surface area contributed by atoms with E-state index >= 15 is 0 Å². The van der Waals surface area contributed by atoms with Crippen LogP contribution in [0.5, 0.6) is 5.75 Å². The van der Waals surface area contributed by atoms with Gasteiger partial charge in [0.15, 0.2) is 0 Å². The van der Waals surface area contributed by atoms with Crippen LogP contribution in [0.2, 0.25) is 0 Å². The Morgan fingerprint density at radius 3 is 1.94 bits per heavy atom. The minimum atomic E-state index is 0. The molecule has 0 aliphatic carbocycles. The predicted octanol–water partition coefficient (Wildman–Crippen LogP) is 8.16. The van der Waals surface area contributed by atoms with Gasteiger partial charge in [-0.2, -0.15) is 5.53 Å². The van der Waals surface area contributed by atoms with Gasteiger partial charge >= 0.3 is 0 Å². The topological polar surface area (TPSA) is 176 Å². The molecule has 1 unspecified atom stereocenters. The van der Waals surface area contributed by atoms with Gasteiger partial charge in [0, 0.05) is 61.4 Å². The average Bonchev–Trinajstić information content (AvgIpc) is 3.21. The minimum Gasteiger partial charge on any atom is -0.496 e. The summed E-state index contributed by atoms with van der Waals surface area (Å²) in [4.78, 5) is 22.2. The lowest BCUT2D eigenvalue weighted by Gasteiger charge is -2.19. The summed E-state index contributed by atoms with van der Waals surface area (Å²) in [5.74, 6) is 48.4. The maximum Gasteiger partial charge on any atom is 0.145 e. The SMILES string of the molecule is C#CC#CC#CC#CC#CC#CC#CC#CC#CC#CC.CCCC(Nc1cncc(-c2ccc(CN)c(OC)c2)n1)c1cccnc1.N=N/N=N/N=O.[HH].[HH].[HH].[HH].[HH].[HH].[HH].[HH].[HH].[HH]. The molecular weight excluding hydrogens is 677 g/mol. The van der Waals surface area contributed by atoms with Crippen LogP contribution >= 0.6 is 0 Å². The van der Waals surface area contributed by atoms with Crippen molar-refractivity contribution in [3.63, 3.8) is 0 Å². The van der Waals surface area contributed by atoms with Crippen molar-refractivity contribution in [1.82, 2.24) is 15.0 Å². The number of ether oxygens (including phenoxy) is 1. The van der Waals surface area contributed by atoms with Gasteiger partial charge in [-0.3, -0.25) is 9.97 Å². The molecule has 0 fully saturated rings. The number of nitrogens with two attached hydrogens (primary N) is 1. The maximum atomic E-state index is 8.91. The Morgan fingerprint density at radius 1 is 0.870 bits per heavy atom. The van der Waals surface area contributed by atoms with E-state index in [2.05, 4.69) is 156 Å². The molecule has 0 radical (unpaired) electrons. The Hall–Kier alpha value is -8.59. The fourth-order valence-electron chi connectivity index (χ4n) is 3.62. The van der Waals surface area contributed by atoms with Crippen LogP contribution < -0.4 is 15.8 Å². The number of nitroso groups, excluding NO2 is 1. The molecule has 0 aliphatic heterocycles. The van der Waals surface area contributed by atoms with E-state index in [1.165, 1.54) is 0 Å². The number of anilines is 1. The van der Waals surface area contributed by atoms with Gasteiger partial charge in [-0.05, 0) is 136 Å². The first kappa shape index (κ1) is 43.4. The molecule has 0 spiro atoms. The quantitative estimate of drug-likeness (QED) is 0.0817. The van der Waals surface area contributed by atoms with Crippen LogP contribution in [-0.4, -0.2) is 22.1 Å². The first-order chi connectivity index (χ1) is 26.6. The number of pyridine rings is 1. The summed E-state index contributed by atoms with van der Waals surface area (Å²) in [6.07, 6.45) is 14.1. The van der Waals surface area contributed by atoms with Gasteiger partial charge in [0.1, 0.15) is 16.9 Å². The lowest BCUT2D eigenvalue weighted by atomic mass is 10.0. The molecule has 1 atom stereocenters. The monoisotopic (exact) mass is 726 g/mol. The van der Waals surface area contributed by atoms with E-state index in [-0.39, 0.29) is 20.3 Å². The van der Waals surface area contributed by atoms with Gasteiger partial charge < -0.3 is 15.8 Å². The van der Waals surface area contributed by atoms with Crippen LogP contribution in [0.3, 0.4) is 0 Å². The summed E-state index contributed by atoms with van der Waals surface area (Å²) in [6.45, 7) is 4.29. The summed E-state index contributed by atoms with van der Waals surface area (Å²) in [6, 6.07) is 10.1. The minimum absolute atomic E-state index is 0. The molecule has 0 amide bonds. The summed E-state index contributed by atoms with van der Waals surface area (Å²) in [5, 5.41) is 12.7. The Morgan fingerprint density at radius 2 is 1.48 bits per heavy atom. The molecule has 280 valence electrons. The number of benzene rings is 1. The van der Waals surface area contributed by atoms with Gasteiger partial charge in [0.2, 0.25) is 0 Å². The molecule has 3 aromatic rings. The Kier molecular flexibility index (Phi) is 24.5. The molecule has 0 aliphatic rings. The number of rotatable bonds is 10. The highest BCUT2D eigenvalue weighted by Crippen LogP contribution is 2.27. The van der Waals surface area contributed by atoms with E-state index < -0.39 is 0 Å². The predicted molar refractivity (Wildman–Crippen MR) is 229 cm³/mol. The zero-order chi connectivity index (χ0) is 39.3. The van der Waals surface area contributed by atoms with Gasteiger partial charge in [-0.1, -0.05) is 37.5 Å². The smallest absolute Gasteiger partial charge is 0.145 e. The molecule has 0 bridgehead atoms. The second-order valence-electron chi connectivity index (χ2n) is 9.17. The number of methoxy groups -OCH3 is 1. The van der Waals surface area contributed by atoms with Crippen LogP contribution in [0.25, 0.3) is 11.3 Å². The molecule has 54 heavy (non-hydrogen) atoms. The van der Waals surface area contributed by atoms with Crippen molar-refractivity contribution in [3.05, 3.63) is 71.2 Å². The van der Waals surface area contributed by atoms with Crippen LogP contribution in [-0.2, 0) is 6.54 Å². The van der Waals surface area contributed by atoms with E-state index in [1.54, 1.807) is 32.6 Å². The fourth-order valence-corrected chi connectivity index (χ4v) is 3.62. The first-order valence-electron chi connectivity index (χ1n) is 15.4. The highest BCUT2D eigenvalue weighted by atomic mass is 16.5. The number of nitrogens with zero attached hydrogens (tertiary/aromatic N) is 7. The van der Waals surface area contributed by atoms with Crippen molar-refractivity contribution in [3.8, 4) is 136 Å². The second kappa shape index (κ2) is 30.5. The highest BCUT2D eigenvalue weighted by Gasteiger charge is 2.13. The molecule has 2 heterocycles. The second-order valence-corrected chi connectivity index (χ2v) is 9.17. The molecule has 12 nitrogen and oxygen atoms in total. The lowest BCUT2D eigenvalue weighted by molar-refractivity contribution is 0.410. The van der Waals surface area contributed by atoms with Crippen LogP contribution in [0, 0.1) is 129 Å². The van der Waals surface area contributed by atoms with Gasteiger partial charge in [0.05, 0.1) is 31.2 Å². The number of hydrogen-bond acceptors (Lipinski definition) is 8. The lowest BCUT2D eigenvalue weighted by Crippen LogP contribution is -2.12. The Labute approximate surface area is 330 Å². The van der Waals surface area contributed by atoms with Gasteiger partial charge in [-0.25, -0.2) is 4.98 Å². The van der Waals surface area contributed by atoms with E-state index in [9.17, 15) is 0 Å². The van der Waals surface area contributed by atoms with E-state index in [4.69, 9.17) is 32.3 Å². The Bertz CT molecular complexity index is 2410. The van der Waals surface area contributed by atoms with Crippen LogP contribution in [0.1, 0.15) is 58.1 Å². The molecular formula is C42H50N10O2. The molecule has 12 heteroatoms. The Balaban J connectivity index is -0.0000000901. The zero-order valence-electron chi connectivity index (χ0n) is 29.5. The van der Waals surface area contributed by atoms with E-state index in [0.29, 0.717) is 6.54 Å². The van der Waals surface area contributed by atoms with Crippen molar-refractivity contribution in [2.24, 2.45) is 26.7 Å². The summed E-state index contributed by atoms with van der Waals surface area (Å²) < 4.78 is 5.43. The van der Waals surface area contributed by atoms with Crippen molar-refractivity contribution in [1.29, 1.82) is 5.53 Å². The van der Waals surface area contributed by atoms with Crippen LogP contribution in [0.15, 0.2) is 76.1 Å². The first-order valence-corrected chi connectivity index (χ1v) is 15.4. The number of terminal acetylenes is 1. The molecule has 4 N–H and O–H groups in total. The van der Waals surface area contributed by atoms with E-state index in [1.807, 2.05) is 35.7 Å². The van der Waals surface area contributed by atoms with Crippen LogP contribution in [0.4, 0.5) is 5.82 Å². The number of aromatic nitrogens is 3. The molecule has 0 saturated heterocycles. The maximum absolute atomic E-state index is 8.91. The summed E-state index contributed by atoms with van der Waals surface area (Å²) >= 11 is 0. The number of nitrogens with one attached hydrogen (secondary N) is 2. The fraction of sp³-hybridized carbons (Fsp3) is 0.167. The average molecular weight is 727 g/mol. The van der Waals surface area contributed by atoms with Gasteiger partial charge in [-0.15, -0.1) is 11.3 Å². The molecule has 3 rings (SSSR count). The zero-order valence-corrected chi connectivity index (χ0v) is 29.5. The largest absolute Gasteiger partial charge is 0.496 e. The van der Waals surface area contributed by atoms with Gasteiger partial charge in [0.25, 0.3) is 0 Å². The normalized spacial score (nSPS) is 8.35. The molecule has 1 aromatic carbocycles. The molecule has 0 saturated carbocycles. The van der Waals surface area contributed by atoms with Crippen molar-refractivity contribution in [2.75, 3.05) is 12.4 Å². The third kappa shape index (κ3) is 20.0. The highest BCUT2D eigenvalue weighted by molar-refractivity contribution is 5.63. The van der Waals surface area contributed by atoms with Crippen molar-refractivity contribution in [2.45, 2.75) is 39.3 Å². The third-order valence-electron chi connectivity index (χ3n) is 5.74. The van der Waals surface area contributed by atoms with Crippen molar-refractivity contribution < 1.29 is 19.0 Å². The van der Waals surface area contributed by atoms with Crippen molar-refractivity contribution >= 4 is 5.82 Å². The summed E-state index contributed by atoms with van der Waals surface area (Å²) in [5.41, 5.74) is 15.4. The summed E-state index contributed by atoms with van der Waals surface area (Å²) in [7, 11) is 1.64. The molecule has 2 aromatic heterocycles. The third-order valence-corrected chi connectivity index (χ3v) is 5.74. The number of hydrogen-bond donors (Lipinski definition) is 3. The standard InChI is InChI=1S/C21H25N5O.C21H4.HN5O.10H2/c1-3-5-18(17-6-4-9-23-12-17)25-21-14-24-13-19(26-21)15-7-8-16(11-22)20(10-15)27-2;1-3-5-7-9-11-13-15-17-19-21-20-18-16-14-12-10-8-6-4-2;1-2-3-4-5-6;;;;;;;;;;/h4,6-10,12-14,18H,3,5,11,22H2,1-2H3,(H,25,26);1H,2H3;1H;10*1H/b;;2-1?,4-3+;;;;;;;;;;.